The summed E-state index contributed by atoms with van der Waals surface area (Å²) >= 11 is 9.05. The molecule has 0 aliphatic carbocycles. The van der Waals surface area contributed by atoms with Gasteiger partial charge in [-0.15, -0.1) is 0 Å². The number of pyridine rings is 1. The van der Waals surface area contributed by atoms with Gasteiger partial charge >= 0.3 is 5.97 Å². The lowest BCUT2D eigenvalue weighted by Crippen LogP contribution is -2.34. The van der Waals surface area contributed by atoms with E-state index in [2.05, 4.69) is 26.2 Å². The number of aromatic nitrogens is 1. The Hall–Kier alpha value is -1.92. The molecule has 7 heteroatoms. The van der Waals surface area contributed by atoms with Crippen LogP contribution in [-0.4, -0.2) is 22.0 Å². The molecule has 2 N–H and O–H groups in total. The Morgan fingerprint density at radius 1 is 1.29 bits per heavy atom. The Balaban J connectivity index is 2.27. The molecule has 0 bridgehead atoms. The van der Waals surface area contributed by atoms with E-state index >= 15 is 0 Å². The Kier molecular flexibility index (Phi) is 4.93. The third-order valence-electron chi connectivity index (χ3n) is 2.71. The summed E-state index contributed by atoms with van der Waals surface area (Å²) in [6, 6.07) is 8.73. The van der Waals surface area contributed by atoms with Crippen LogP contribution in [0.1, 0.15) is 22.0 Å². The monoisotopic (exact) mass is 368 g/mol. The van der Waals surface area contributed by atoms with E-state index in [4.69, 9.17) is 11.6 Å². The highest BCUT2D eigenvalue weighted by Gasteiger charge is 2.23. The number of amides is 1. The lowest BCUT2D eigenvalue weighted by atomic mass is 10.1. The molecule has 0 aliphatic heterocycles. The van der Waals surface area contributed by atoms with Crippen LogP contribution >= 0.6 is 27.5 Å². The number of carbonyl (C=O) groups is 2. The molecule has 1 aromatic carbocycles. The molecule has 1 atom stereocenters. The van der Waals surface area contributed by atoms with Crippen LogP contribution in [0.4, 0.5) is 0 Å². The molecule has 1 heterocycles. The van der Waals surface area contributed by atoms with Gasteiger partial charge in [-0.1, -0.05) is 41.9 Å². The molecular weight excluding hydrogens is 360 g/mol. The van der Waals surface area contributed by atoms with Gasteiger partial charge in [0.25, 0.3) is 5.91 Å². The van der Waals surface area contributed by atoms with E-state index in [-0.39, 0.29) is 10.7 Å². The van der Waals surface area contributed by atoms with Crippen molar-refractivity contribution in [3.8, 4) is 0 Å². The minimum absolute atomic E-state index is 0.00732. The van der Waals surface area contributed by atoms with Crippen molar-refractivity contribution in [3.63, 3.8) is 0 Å². The van der Waals surface area contributed by atoms with Crippen molar-refractivity contribution >= 4 is 39.4 Å². The molecule has 1 amide bonds. The minimum Gasteiger partial charge on any atom is -0.479 e. The Labute approximate surface area is 134 Å². The van der Waals surface area contributed by atoms with Crippen LogP contribution in [0.15, 0.2) is 47.1 Å². The average molecular weight is 370 g/mol. The molecule has 1 aromatic heterocycles. The number of rotatable bonds is 4. The Bertz CT molecular complexity index is 679. The summed E-state index contributed by atoms with van der Waals surface area (Å²) in [6.07, 6.45) is 1.45. The van der Waals surface area contributed by atoms with E-state index in [0.717, 1.165) is 0 Å². The van der Waals surface area contributed by atoms with E-state index in [1.54, 1.807) is 30.3 Å². The molecular formula is C14H10BrClN2O3. The van der Waals surface area contributed by atoms with Crippen LogP contribution in [0.25, 0.3) is 0 Å². The number of carboxylic acid groups (broad SMARTS) is 1. The predicted octanol–water partition coefficient (Wildman–Crippen LogP) is 3.05. The van der Waals surface area contributed by atoms with Crippen molar-refractivity contribution in [3.05, 3.63) is 63.3 Å². The summed E-state index contributed by atoms with van der Waals surface area (Å²) in [5, 5.41) is 11.7. The topological polar surface area (TPSA) is 79.3 Å². The summed E-state index contributed by atoms with van der Waals surface area (Å²) in [4.78, 5) is 27.4. The molecule has 0 saturated heterocycles. The zero-order valence-electron chi connectivity index (χ0n) is 10.6. The fraction of sp³-hybridized carbons (Fsp3) is 0.0714. The van der Waals surface area contributed by atoms with E-state index in [1.807, 2.05) is 0 Å². The second-order valence-corrected chi connectivity index (χ2v) is 5.42. The molecule has 1 unspecified atom stereocenters. The fourth-order valence-corrected chi connectivity index (χ4v) is 2.24. The van der Waals surface area contributed by atoms with E-state index < -0.39 is 17.9 Å². The standard InChI is InChI=1S/C14H10BrClN2O3/c15-9-6-10(12(16)17-7-9)13(19)18-11(14(20)21)8-4-2-1-3-5-8/h1-7,11H,(H,18,19)(H,20,21). The van der Waals surface area contributed by atoms with Crippen molar-refractivity contribution in [1.82, 2.24) is 10.3 Å². The molecule has 2 aromatic rings. The van der Waals surface area contributed by atoms with Gasteiger partial charge in [-0.2, -0.15) is 0 Å². The van der Waals surface area contributed by atoms with E-state index in [9.17, 15) is 14.7 Å². The highest BCUT2D eigenvalue weighted by atomic mass is 79.9. The maximum atomic E-state index is 12.2. The highest BCUT2D eigenvalue weighted by molar-refractivity contribution is 9.10. The highest BCUT2D eigenvalue weighted by Crippen LogP contribution is 2.20. The number of carboxylic acids is 1. The van der Waals surface area contributed by atoms with Crippen LogP contribution in [-0.2, 0) is 4.79 Å². The molecule has 5 nitrogen and oxygen atoms in total. The lowest BCUT2D eigenvalue weighted by molar-refractivity contribution is -0.139. The number of halogens is 2. The van der Waals surface area contributed by atoms with Gasteiger partial charge < -0.3 is 10.4 Å². The largest absolute Gasteiger partial charge is 0.479 e. The van der Waals surface area contributed by atoms with Crippen molar-refractivity contribution in [2.75, 3.05) is 0 Å². The summed E-state index contributed by atoms with van der Waals surface area (Å²) in [7, 11) is 0. The molecule has 0 saturated carbocycles. The average Bonchev–Trinajstić information content (AvgIpc) is 2.47. The zero-order chi connectivity index (χ0) is 15.4. The van der Waals surface area contributed by atoms with Crippen molar-refractivity contribution < 1.29 is 14.7 Å². The quantitative estimate of drug-likeness (QED) is 0.812. The van der Waals surface area contributed by atoms with Crippen LogP contribution in [0.5, 0.6) is 0 Å². The van der Waals surface area contributed by atoms with Gasteiger partial charge in [0, 0.05) is 10.7 Å². The number of hydrogen-bond donors (Lipinski definition) is 2. The summed E-state index contributed by atoms with van der Waals surface area (Å²) < 4.78 is 0.573. The van der Waals surface area contributed by atoms with Crippen LogP contribution in [0, 0.1) is 0 Å². The second kappa shape index (κ2) is 6.69. The number of carbonyl (C=O) groups excluding carboxylic acids is 1. The van der Waals surface area contributed by atoms with E-state index in [1.165, 1.54) is 12.3 Å². The number of hydrogen-bond acceptors (Lipinski definition) is 3. The Morgan fingerprint density at radius 2 is 1.95 bits per heavy atom. The van der Waals surface area contributed by atoms with Crippen LogP contribution < -0.4 is 5.32 Å². The maximum absolute atomic E-state index is 12.2. The summed E-state index contributed by atoms with van der Waals surface area (Å²) in [5.41, 5.74) is 0.575. The first-order valence-corrected chi connectivity index (χ1v) is 7.06. The molecule has 0 radical (unpaired) electrons. The number of nitrogens with one attached hydrogen (secondary N) is 1. The molecule has 0 spiro atoms. The van der Waals surface area contributed by atoms with Crippen molar-refractivity contribution in [2.24, 2.45) is 0 Å². The summed E-state index contributed by atoms with van der Waals surface area (Å²) in [6.45, 7) is 0. The summed E-state index contributed by atoms with van der Waals surface area (Å²) in [5.74, 6) is -1.77. The minimum atomic E-state index is -1.16. The van der Waals surface area contributed by atoms with Gasteiger partial charge in [0.1, 0.15) is 5.15 Å². The zero-order valence-corrected chi connectivity index (χ0v) is 12.9. The van der Waals surface area contributed by atoms with Gasteiger partial charge in [-0.25, -0.2) is 9.78 Å². The smallest absolute Gasteiger partial charge is 0.330 e. The Morgan fingerprint density at radius 3 is 2.57 bits per heavy atom. The molecule has 0 fully saturated rings. The number of nitrogens with zero attached hydrogens (tertiary/aromatic N) is 1. The van der Waals surface area contributed by atoms with Gasteiger partial charge in [-0.05, 0) is 27.6 Å². The lowest BCUT2D eigenvalue weighted by Gasteiger charge is -2.15. The van der Waals surface area contributed by atoms with E-state index in [0.29, 0.717) is 10.0 Å². The first-order chi connectivity index (χ1) is 9.99. The van der Waals surface area contributed by atoms with Gasteiger partial charge in [0.15, 0.2) is 6.04 Å². The van der Waals surface area contributed by atoms with Crippen molar-refractivity contribution in [2.45, 2.75) is 6.04 Å². The molecule has 108 valence electrons. The second-order valence-electron chi connectivity index (χ2n) is 4.15. The number of benzene rings is 1. The maximum Gasteiger partial charge on any atom is 0.330 e. The van der Waals surface area contributed by atoms with Crippen LogP contribution in [0.2, 0.25) is 5.15 Å². The first kappa shape index (κ1) is 15.5. The van der Waals surface area contributed by atoms with Crippen molar-refractivity contribution in [1.29, 1.82) is 0 Å². The molecule has 21 heavy (non-hydrogen) atoms. The van der Waals surface area contributed by atoms with Gasteiger partial charge in [0.2, 0.25) is 0 Å². The van der Waals surface area contributed by atoms with Gasteiger partial charge in [-0.3, -0.25) is 4.79 Å². The fourth-order valence-electron chi connectivity index (χ4n) is 1.72. The predicted molar refractivity (Wildman–Crippen MR) is 81.2 cm³/mol. The normalized spacial score (nSPS) is 11.7. The number of aliphatic carboxylic acids is 1. The SMILES string of the molecule is O=C(NC(C(=O)O)c1ccccc1)c1cc(Br)cnc1Cl. The first-order valence-electron chi connectivity index (χ1n) is 5.88. The third-order valence-corrected chi connectivity index (χ3v) is 3.44. The third kappa shape index (κ3) is 3.80. The molecule has 0 aliphatic rings. The molecule has 2 rings (SSSR count). The van der Waals surface area contributed by atoms with Crippen LogP contribution in [0.3, 0.4) is 0 Å². The van der Waals surface area contributed by atoms with Gasteiger partial charge in [0.05, 0.1) is 5.56 Å².